The monoisotopic (exact) mass is 486 g/mol. The van der Waals surface area contributed by atoms with Gasteiger partial charge in [-0.1, -0.05) is 24.2 Å². The number of amides is 3. The first-order valence-corrected chi connectivity index (χ1v) is 12.9. The summed E-state index contributed by atoms with van der Waals surface area (Å²) in [5.41, 5.74) is 0.278. The van der Waals surface area contributed by atoms with Crippen LogP contribution in [0.3, 0.4) is 0 Å². The van der Waals surface area contributed by atoms with E-state index in [2.05, 4.69) is 16.3 Å². The van der Waals surface area contributed by atoms with Gasteiger partial charge >= 0.3 is 6.09 Å². The Kier molecular flexibility index (Phi) is 6.10. The molecule has 0 aromatic carbocycles. The van der Waals surface area contributed by atoms with Gasteiger partial charge in [-0.15, -0.1) is 0 Å². The molecule has 2 atom stereocenters. The summed E-state index contributed by atoms with van der Waals surface area (Å²) < 4.78 is 0. The minimum absolute atomic E-state index is 0.0526. The van der Waals surface area contributed by atoms with Crippen molar-refractivity contribution < 1.29 is 19.5 Å². The van der Waals surface area contributed by atoms with Crippen molar-refractivity contribution in [3.8, 4) is 6.07 Å². The average molecular weight is 487 g/mol. The van der Waals surface area contributed by atoms with Gasteiger partial charge in [0.2, 0.25) is 11.8 Å². The van der Waals surface area contributed by atoms with Crippen LogP contribution < -0.4 is 10.2 Å². The molecule has 182 valence electrons. The lowest BCUT2D eigenvalue weighted by Crippen LogP contribution is -2.53. The van der Waals surface area contributed by atoms with Crippen LogP contribution in [0.2, 0.25) is 0 Å². The summed E-state index contributed by atoms with van der Waals surface area (Å²) in [6.07, 6.45) is 4.41. The van der Waals surface area contributed by atoms with Crippen molar-refractivity contribution in [3.63, 3.8) is 0 Å². The first kappa shape index (κ1) is 22.9. The molecule has 3 amide bonds. The minimum atomic E-state index is -0.901. The molecule has 2 N–H and O–H groups in total. The highest BCUT2D eigenvalue weighted by molar-refractivity contribution is 7.15. The van der Waals surface area contributed by atoms with E-state index in [4.69, 9.17) is 4.98 Å². The van der Waals surface area contributed by atoms with Crippen molar-refractivity contribution in [2.45, 2.75) is 57.0 Å². The van der Waals surface area contributed by atoms with Gasteiger partial charge in [-0.3, -0.25) is 9.59 Å². The Morgan fingerprint density at radius 1 is 1.06 bits per heavy atom. The fourth-order valence-electron chi connectivity index (χ4n) is 5.29. The van der Waals surface area contributed by atoms with Crippen LogP contribution in [0.5, 0.6) is 0 Å². The zero-order valence-corrected chi connectivity index (χ0v) is 20.0. The molecule has 0 bridgehead atoms. The summed E-state index contributed by atoms with van der Waals surface area (Å²) in [5.74, 6) is -0.756. The van der Waals surface area contributed by atoms with Crippen LogP contribution in [0.1, 0.15) is 49.1 Å². The van der Waals surface area contributed by atoms with E-state index in [9.17, 15) is 24.8 Å². The third-order valence-corrected chi connectivity index (χ3v) is 8.74. The maximum absolute atomic E-state index is 13.4. The topological polar surface area (TPSA) is 130 Å². The number of carboxylic acid groups (broad SMARTS) is 1. The SMILES string of the molecule is N#CC1(NC(=O)[C@@H]2CCCC[C@H]2C(=O)N2CCN(c3nc4c(s3)CN(C(=O)O)CC4)CC2)CC1. The molecule has 1 saturated heterocycles. The van der Waals surface area contributed by atoms with E-state index >= 15 is 0 Å². The first-order chi connectivity index (χ1) is 16.4. The van der Waals surface area contributed by atoms with Crippen LogP contribution in [-0.4, -0.2) is 76.1 Å². The Labute approximate surface area is 202 Å². The highest BCUT2D eigenvalue weighted by atomic mass is 32.1. The Morgan fingerprint density at radius 2 is 1.76 bits per heavy atom. The fraction of sp³-hybridized carbons (Fsp3) is 0.696. The third-order valence-electron chi connectivity index (χ3n) is 7.60. The summed E-state index contributed by atoms with van der Waals surface area (Å²) in [4.78, 5) is 48.8. The van der Waals surface area contributed by atoms with Gasteiger partial charge in [0.15, 0.2) is 5.13 Å². The molecule has 0 unspecified atom stereocenters. The summed E-state index contributed by atoms with van der Waals surface area (Å²) in [7, 11) is 0. The van der Waals surface area contributed by atoms with Crippen LogP contribution in [0.15, 0.2) is 0 Å². The summed E-state index contributed by atoms with van der Waals surface area (Å²) in [6, 6.07) is 2.21. The van der Waals surface area contributed by atoms with E-state index in [1.54, 1.807) is 11.3 Å². The van der Waals surface area contributed by atoms with E-state index in [-0.39, 0.29) is 23.7 Å². The number of thiazole rings is 1. The number of nitrogens with zero attached hydrogens (tertiary/aromatic N) is 5. The molecule has 4 aliphatic rings. The Morgan fingerprint density at radius 3 is 2.41 bits per heavy atom. The number of rotatable bonds is 4. The lowest BCUT2D eigenvalue weighted by atomic mass is 9.77. The van der Waals surface area contributed by atoms with E-state index in [1.807, 2.05) is 4.90 Å². The maximum Gasteiger partial charge on any atom is 0.407 e. The number of hydrogen-bond donors (Lipinski definition) is 2. The van der Waals surface area contributed by atoms with Crippen LogP contribution in [0.25, 0.3) is 0 Å². The van der Waals surface area contributed by atoms with Gasteiger partial charge in [-0.25, -0.2) is 9.78 Å². The average Bonchev–Trinajstić information content (AvgIpc) is 3.50. The van der Waals surface area contributed by atoms with Gasteiger partial charge < -0.3 is 25.1 Å². The van der Waals surface area contributed by atoms with E-state index in [0.29, 0.717) is 65.0 Å². The third kappa shape index (κ3) is 4.43. The van der Waals surface area contributed by atoms with E-state index in [0.717, 1.165) is 35.0 Å². The zero-order chi connectivity index (χ0) is 23.9. The molecular formula is C23H30N6O4S. The Balaban J connectivity index is 1.19. The number of fused-ring (bicyclic) bond motifs is 1. The number of aromatic nitrogens is 1. The standard InChI is InChI=1S/C23H30N6O4S/c24-14-23(6-7-23)26-19(30)15-3-1-2-4-16(15)20(31)27-9-11-28(12-10-27)21-25-17-5-8-29(22(32)33)13-18(17)34-21/h15-16H,1-13H2,(H,26,30)(H,32,33)/t15-,16-/m1/s1. The number of nitrogens with one attached hydrogen (secondary N) is 1. The lowest BCUT2D eigenvalue weighted by molar-refractivity contribution is -0.144. The normalized spacial score (nSPS) is 25.8. The van der Waals surface area contributed by atoms with Gasteiger partial charge in [0.1, 0.15) is 5.54 Å². The Bertz CT molecular complexity index is 1020. The predicted octanol–water partition coefficient (Wildman–Crippen LogP) is 1.81. The molecule has 0 radical (unpaired) electrons. The number of carbonyl (C=O) groups is 3. The molecule has 1 aromatic heterocycles. The molecule has 0 spiro atoms. The summed E-state index contributed by atoms with van der Waals surface area (Å²) in [5, 5.41) is 22.4. The molecule has 5 rings (SSSR count). The van der Waals surface area contributed by atoms with Crippen molar-refractivity contribution in [3.05, 3.63) is 10.6 Å². The number of carbonyl (C=O) groups excluding carboxylic acids is 2. The van der Waals surface area contributed by atoms with Crippen molar-refractivity contribution >= 4 is 34.4 Å². The second kappa shape index (κ2) is 9.06. The zero-order valence-electron chi connectivity index (χ0n) is 19.2. The lowest BCUT2D eigenvalue weighted by Gasteiger charge is -2.39. The number of nitriles is 1. The van der Waals surface area contributed by atoms with Crippen molar-refractivity contribution in [2.75, 3.05) is 37.6 Å². The molecule has 34 heavy (non-hydrogen) atoms. The van der Waals surface area contributed by atoms with Gasteiger partial charge in [0, 0.05) is 55.9 Å². The first-order valence-electron chi connectivity index (χ1n) is 12.1. The van der Waals surface area contributed by atoms with Crippen molar-refractivity contribution in [1.29, 1.82) is 5.26 Å². The molecule has 3 heterocycles. The van der Waals surface area contributed by atoms with Crippen LogP contribution in [-0.2, 0) is 22.6 Å². The molecule has 1 aromatic rings. The summed E-state index contributed by atoms with van der Waals surface area (Å²) >= 11 is 1.55. The maximum atomic E-state index is 13.4. The number of anilines is 1. The van der Waals surface area contributed by atoms with E-state index in [1.165, 1.54) is 4.90 Å². The molecule has 2 saturated carbocycles. The second-order valence-electron chi connectivity index (χ2n) is 9.81. The minimum Gasteiger partial charge on any atom is -0.465 e. The largest absolute Gasteiger partial charge is 0.465 e. The quantitative estimate of drug-likeness (QED) is 0.664. The molecule has 2 aliphatic heterocycles. The smallest absolute Gasteiger partial charge is 0.407 e. The van der Waals surface area contributed by atoms with Crippen LogP contribution >= 0.6 is 11.3 Å². The van der Waals surface area contributed by atoms with Crippen molar-refractivity contribution in [2.24, 2.45) is 11.8 Å². The number of piperazine rings is 1. The highest BCUT2D eigenvalue weighted by Gasteiger charge is 2.47. The Hall–Kier alpha value is -2.87. The fourth-order valence-corrected chi connectivity index (χ4v) is 6.47. The highest BCUT2D eigenvalue weighted by Crippen LogP contribution is 2.38. The van der Waals surface area contributed by atoms with Crippen molar-refractivity contribution in [1.82, 2.24) is 20.1 Å². The molecule has 2 aliphatic carbocycles. The van der Waals surface area contributed by atoms with Crippen LogP contribution in [0, 0.1) is 23.2 Å². The van der Waals surface area contributed by atoms with Gasteiger partial charge in [0.25, 0.3) is 0 Å². The molecule has 11 heteroatoms. The van der Waals surface area contributed by atoms with Gasteiger partial charge in [-0.05, 0) is 25.7 Å². The molecule has 10 nitrogen and oxygen atoms in total. The number of hydrogen-bond acceptors (Lipinski definition) is 7. The van der Waals surface area contributed by atoms with Gasteiger partial charge in [0.05, 0.1) is 18.3 Å². The molecular weight excluding hydrogens is 456 g/mol. The summed E-state index contributed by atoms with van der Waals surface area (Å²) in [6.45, 7) is 3.36. The van der Waals surface area contributed by atoms with Crippen LogP contribution in [0.4, 0.5) is 9.93 Å². The van der Waals surface area contributed by atoms with Gasteiger partial charge in [-0.2, -0.15) is 5.26 Å². The molecule has 3 fully saturated rings. The second-order valence-corrected chi connectivity index (χ2v) is 10.9. The predicted molar refractivity (Wildman–Crippen MR) is 124 cm³/mol. The van der Waals surface area contributed by atoms with E-state index < -0.39 is 11.6 Å².